The molecule has 0 saturated heterocycles. The number of nitrogens with two attached hydrogens (primary N) is 1. The number of nitrogens with one attached hydrogen (secondary N) is 1. The van der Waals surface area contributed by atoms with E-state index in [4.69, 9.17) is 22.6 Å². The van der Waals surface area contributed by atoms with Crippen LogP contribution in [0.15, 0.2) is 18.2 Å². The van der Waals surface area contributed by atoms with Gasteiger partial charge in [-0.15, -0.1) is 0 Å². The van der Waals surface area contributed by atoms with Gasteiger partial charge in [0.1, 0.15) is 6.07 Å². The van der Waals surface area contributed by atoms with Crippen LogP contribution in [0, 0.1) is 11.3 Å². The second-order valence-electron chi connectivity index (χ2n) is 4.15. The Bertz CT molecular complexity index is 425. The molecule has 84 valence electrons. The van der Waals surface area contributed by atoms with Gasteiger partial charge in [-0.2, -0.15) is 5.26 Å². The molecule has 1 saturated carbocycles. The molecule has 0 amide bonds. The molecule has 0 aliphatic heterocycles. The Morgan fingerprint density at radius 2 is 2.25 bits per heavy atom. The first-order chi connectivity index (χ1) is 7.70. The maximum atomic E-state index is 8.98. The highest BCUT2D eigenvalue weighted by molar-refractivity contribution is 6.30. The lowest BCUT2D eigenvalue weighted by molar-refractivity contribution is 0.638. The first-order valence-corrected chi connectivity index (χ1v) is 5.80. The van der Waals surface area contributed by atoms with Gasteiger partial charge in [0.2, 0.25) is 0 Å². The van der Waals surface area contributed by atoms with Crippen molar-refractivity contribution in [3.63, 3.8) is 0 Å². The fraction of sp³-hybridized carbons (Fsp3) is 0.417. The van der Waals surface area contributed by atoms with Crippen LogP contribution in [-0.4, -0.2) is 12.1 Å². The number of hydrogen-bond donors (Lipinski definition) is 2. The Hall–Kier alpha value is -1.24. The van der Waals surface area contributed by atoms with Gasteiger partial charge in [0.15, 0.2) is 0 Å². The molecule has 0 aromatic heterocycles. The lowest BCUT2D eigenvalue weighted by atomic mass is 10.1. The van der Waals surface area contributed by atoms with Crippen molar-refractivity contribution >= 4 is 17.3 Å². The quantitative estimate of drug-likeness (QED) is 0.828. The van der Waals surface area contributed by atoms with Crippen molar-refractivity contribution in [2.24, 2.45) is 5.73 Å². The van der Waals surface area contributed by atoms with Gasteiger partial charge in [-0.1, -0.05) is 11.6 Å². The van der Waals surface area contributed by atoms with Gasteiger partial charge in [-0.25, -0.2) is 0 Å². The molecular formula is C12H14ClN3. The number of nitrogens with zero attached hydrogens (tertiary/aromatic N) is 1. The number of benzene rings is 1. The summed E-state index contributed by atoms with van der Waals surface area (Å²) < 4.78 is 0. The molecule has 0 spiro atoms. The summed E-state index contributed by atoms with van der Waals surface area (Å²) in [6.45, 7) is 0. The third kappa shape index (κ3) is 2.29. The molecule has 1 aromatic carbocycles. The van der Waals surface area contributed by atoms with Crippen molar-refractivity contribution in [3.05, 3.63) is 28.8 Å². The lowest BCUT2D eigenvalue weighted by Gasteiger charge is -2.19. The molecule has 0 heterocycles. The average Bonchev–Trinajstić information content (AvgIpc) is 2.65. The standard InChI is InChI=1S/C12H14ClN3/c13-9-5-4-8(7-14)12(6-9)16-11-3-1-2-10(11)15/h4-6,10-11,16H,1-3,15H2. The summed E-state index contributed by atoms with van der Waals surface area (Å²) >= 11 is 5.91. The lowest BCUT2D eigenvalue weighted by Crippen LogP contribution is -2.35. The van der Waals surface area contributed by atoms with Gasteiger partial charge in [0.05, 0.1) is 11.3 Å². The number of halogens is 1. The fourth-order valence-electron chi connectivity index (χ4n) is 2.10. The number of rotatable bonds is 2. The monoisotopic (exact) mass is 235 g/mol. The summed E-state index contributed by atoms with van der Waals surface area (Å²) in [7, 11) is 0. The van der Waals surface area contributed by atoms with Crippen molar-refractivity contribution in [1.82, 2.24) is 0 Å². The molecule has 2 rings (SSSR count). The van der Waals surface area contributed by atoms with E-state index in [1.807, 2.05) is 0 Å². The molecule has 1 fully saturated rings. The summed E-state index contributed by atoms with van der Waals surface area (Å²) in [6, 6.07) is 7.81. The highest BCUT2D eigenvalue weighted by atomic mass is 35.5. The van der Waals surface area contributed by atoms with Crippen molar-refractivity contribution in [2.45, 2.75) is 31.3 Å². The van der Waals surface area contributed by atoms with E-state index in [1.54, 1.807) is 18.2 Å². The second kappa shape index (κ2) is 4.73. The van der Waals surface area contributed by atoms with E-state index in [1.165, 1.54) is 0 Å². The first kappa shape index (κ1) is 11.3. The predicted octanol–water partition coefficient (Wildman–Crippen LogP) is 2.50. The topological polar surface area (TPSA) is 61.8 Å². The maximum absolute atomic E-state index is 8.98. The molecule has 2 unspecified atom stereocenters. The van der Waals surface area contributed by atoms with Crippen LogP contribution in [0.5, 0.6) is 0 Å². The Kier molecular flexibility index (Phi) is 3.33. The highest BCUT2D eigenvalue weighted by Gasteiger charge is 2.24. The minimum absolute atomic E-state index is 0.172. The van der Waals surface area contributed by atoms with Crippen LogP contribution in [0.1, 0.15) is 24.8 Å². The zero-order valence-corrected chi connectivity index (χ0v) is 9.67. The Morgan fingerprint density at radius 1 is 1.44 bits per heavy atom. The van der Waals surface area contributed by atoms with Crippen LogP contribution in [0.2, 0.25) is 5.02 Å². The summed E-state index contributed by atoms with van der Waals surface area (Å²) in [4.78, 5) is 0. The highest BCUT2D eigenvalue weighted by Crippen LogP contribution is 2.25. The maximum Gasteiger partial charge on any atom is 0.101 e. The van der Waals surface area contributed by atoms with Crippen LogP contribution in [0.3, 0.4) is 0 Å². The Labute approximate surface area is 100 Å². The summed E-state index contributed by atoms with van der Waals surface area (Å²) in [5.41, 5.74) is 7.38. The number of anilines is 1. The first-order valence-electron chi connectivity index (χ1n) is 5.42. The van der Waals surface area contributed by atoms with E-state index in [0.29, 0.717) is 10.6 Å². The summed E-state index contributed by atoms with van der Waals surface area (Å²) in [6.07, 6.45) is 3.24. The molecule has 2 atom stereocenters. The van der Waals surface area contributed by atoms with E-state index >= 15 is 0 Å². The van der Waals surface area contributed by atoms with Crippen LogP contribution >= 0.6 is 11.6 Å². The van der Waals surface area contributed by atoms with Crippen molar-refractivity contribution in [2.75, 3.05) is 5.32 Å². The molecule has 3 N–H and O–H groups in total. The van der Waals surface area contributed by atoms with E-state index < -0.39 is 0 Å². The van der Waals surface area contributed by atoms with Crippen LogP contribution in [0.4, 0.5) is 5.69 Å². The van der Waals surface area contributed by atoms with Gasteiger partial charge in [0.25, 0.3) is 0 Å². The predicted molar refractivity (Wildman–Crippen MR) is 65.4 cm³/mol. The molecule has 1 aromatic rings. The Balaban J connectivity index is 2.20. The fourth-order valence-corrected chi connectivity index (χ4v) is 2.27. The summed E-state index contributed by atoms with van der Waals surface area (Å²) in [5, 5.41) is 12.9. The molecule has 0 bridgehead atoms. The molecule has 1 aliphatic carbocycles. The van der Waals surface area contributed by atoms with Crippen molar-refractivity contribution in [1.29, 1.82) is 5.26 Å². The second-order valence-corrected chi connectivity index (χ2v) is 4.58. The van der Waals surface area contributed by atoms with Crippen LogP contribution in [0.25, 0.3) is 0 Å². The minimum atomic E-state index is 0.172. The van der Waals surface area contributed by atoms with Gasteiger partial charge < -0.3 is 11.1 Å². The zero-order valence-electron chi connectivity index (χ0n) is 8.91. The minimum Gasteiger partial charge on any atom is -0.380 e. The normalized spacial score (nSPS) is 24.1. The van der Waals surface area contributed by atoms with Gasteiger partial charge in [0, 0.05) is 17.1 Å². The number of hydrogen-bond acceptors (Lipinski definition) is 3. The molecule has 4 heteroatoms. The van der Waals surface area contributed by atoms with Crippen molar-refractivity contribution < 1.29 is 0 Å². The number of nitriles is 1. The van der Waals surface area contributed by atoms with Gasteiger partial charge >= 0.3 is 0 Å². The largest absolute Gasteiger partial charge is 0.380 e. The third-order valence-electron chi connectivity index (χ3n) is 3.01. The van der Waals surface area contributed by atoms with E-state index in [-0.39, 0.29) is 12.1 Å². The van der Waals surface area contributed by atoms with E-state index in [0.717, 1.165) is 24.9 Å². The molecular weight excluding hydrogens is 222 g/mol. The third-order valence-corrected chi connectivity index (χ3v) is 3.25. The Morgan fingerprint density at radius 3 is 2.88 bits per heavy atom. The zero-order chi connectivity index (χ0) is 11.5. The molecule has 3 nitrogen and oxygen atoms in total. The summed E-state index contributed by atoms with van der Waals surface area (Å²) in [5.74, 6) is 0. The van der Waals surface area contributed by atoms with Crippen LogP contribution < -0.4 is 11.1 Å². The smallest absolute Gasteiger partial charge is 0.101 e. The molecule has 0 radical (unpaired) electrons. The molecule has 1 aliphatic rings. The van der Waals surface area contributed by atoms with Crippen molar-refractivity contribution in [3.8, 4) is 6.07 Å². The SMILES string of the molecule is N#Cc1ccc(Cl)cc1NC1CCCC1N. The van der Waals surface area contributed by atoms with E-state index in [2.05, 4.69) is 11.4 Å². The van der Waals surface area contributed by atoms with Gasteiger partial charge in [-0.3, -0.25) is 0 Å². The van der Waals surface area contributed by atoms with Gasteiger partial charge in [-0.05, 0) is 37.5 Å². The average molecular weight is 236 g/mol. The van der Waals surface area contributed by atoms with Crippen LogP contribution in [-0.2, 0) is 0 Å². The molecule has 16 heavy (non-hydrogen) atoms. The van der Waals surface area contributed by atoms with E-state index in [9.17, 15) is 0 Å².